The van der Waals surface area contributed by atoms with Gasteiger partial charge in [-0.3, -0.25) is 0 Å². The van der Waals surface area contributed by atoms with Gasteiger partial charge in [0.2, 0.25) is 0 Å². The minimum atomic E-state index is -1.07. The number of fused-ring (bicyclic) bond motifs is 1. The van der Waals surface area contributed by atoms with Crippen molar-refractivity contribution < 1.29 is 14.2 Å². The standard InChI is InChI=1S/C20H24N5O2/c1-14-6-4-9-19(2,3)20(14,26)10-8-15-13-25(21)17(12-22-15)23-18(24-25)16-7-5-11-27-16/h5,7,11-14,26H,4,6,9,21H2,1-3H3/q+1. The number of amidine groups is 2. The zero-order valence-corrected chi connectivity index (χ0v) is 15.8. The van der Waals surface area contributed by atoms with Crippen molar-refractivity contribution >= 4 is 17.9 Å². The van der Waals surface area contributed by atoms with Gasteiger partial charge in [-0.25, -0.2) is 4.99 Å². The van der Waals surface area contributed by atoms with Crippen LogP contribution in [0.5, 0.6) is 0 Å². The second-order valence-corrected chi connectivity index (χ2v) is 8.08. The molecule has 0 bridgehead atoms. The van der Waals surface area contributed by atoms with Gasteiger partial charge in [-0.05, 0) is 46.6 Å². The van der Waals surface area contributed by atoms with Gasteiger partial charge in [-0.2, -0.15) is 4.99 Å². The molecule has 7 nitrogen and oxygen atoms in total. The molecule has 0 amide bonds. The first-order valence-corrected chi connectivity index (χ1v) is 9.17. The van der Waals surface area contributed by atoms with E-state index in [1.807, 2.05) is 0 Å². The van der Waals surface area contributed by atoms with Gasteiger partial charge in [0.05, 0.1) is 6.26 Å². The van der Waals surface area contributed by atoms with E-state index >= 15 is 0 Å². The molecule has 3 heterocycles. The zero-order chi connectivity index (χ0) is 19.3. The van der Waals surface area contributed by atoms with Crippen LogP contribution >= 0.6 is 0 Å². The monoisotopic (exact) mass is 366 g/mol. The Bertz CT molecular complexity index is 945. The SMILES string of the molecule is CC1CCCC(C)(C)C1(O)C#CC1=C[N+]2(N)N=C(c3ccco3)N=C2C=N1. The molecule has 140 valence electrons. The second-order valence-electron chi connectivity index (χ2n) is 8.08. The Morgan fingerprint density at radius 2 is 2.22 bits per heavy atom. The van der Waals surface area contributed by atoms with Gasteiger partial charge in [0.1, 0.15) is 11.8 Å². The number of aliphatic hydroxyl groups is 1. The first-order chi connectivity index (χ1) is 12.7. The molecule has 1 fully saturated rings. The van der Waals surface area contributed by atoms with Crippen LogP contribution in [0.4, 0.5) is 0 Å². The van der Waals surface area contributed by atoms with Crippen LogP contribution in [0.25, 0.3) is 0 Å². The van der Waals surface area contributed by atoms with Crippen LogP contribution in [0.2, 0.25) is 0 Å². The third kappa shape index (κ3) is 2.86. The Morgan fingerprint density at radius 3 is 2.93 bits per heavy atom. The Morgan fingerprint density at radius 1 is 1.41 bits per heavy atom. The van der Waals surface area contributed by atoms with Crippen molar-refractivity contribution in [2.75, 3.05) is 0 Å². The van der Waals surface area contributed by atoms with E-state index in [4.69, 9.17) is 10.3 Å². The molecule has 27 heavy (non-hydrogen) atoms. The number of nitrogens with two attached hydrogens (primary N) is 1. The van der Waals surface area contributed by atoms with Gasteiger partial charge in [0, 0.05) is 5.41 Å². The Labute approximate surface area is 158 Å². The summed E-state index contributed by atoms with van der Waals surface area (Å²) in [4.78, 5) is 8.73. The quantitative estimate of drug-likeness (QED) is 0.454. The van der Waals surface area contributed by atoms with E-state index in [1.165, 1.54) is 0 Å². The van der Waals surface area contributed by atoms with Crippen LogP contribution in [0.3, 0.4) is 0 Å². The molecule has 7 heteroatoms. The smallest absolute Gasteiger partial charge is 0.300 e. The number of allylic oxidation sites excluding steroid dienone is 1. The third-order valence-corrected chi connectivity index (χ3v) is 5.79. The Balaban J connectivity index is 1.66. The maximum atomic E-state index is 11.3. The molecule has 4 rings (SSSR count). The molecule has 1 aromatic heterocycles. The van der Waals surface area contributed by atoms with Gasteiger partial charge in [0.15, 0.2) is 17.7 Å². The van der Waals surface area contributed by atoms with Crippen molar-refractivity contribution in [2.24, 2.45) is 32.3 Å². The highest BCUT2D eigenvalue weighted by Gasteiger charge is 2.49. The maximum Gasteiger partial charge on any atom is 0.300 e. The highest BCUT2D eigenvalue weighted by molar-refractivity contribution is 6.31. The third-order valence-electron chi connectivity index (χ3n) is 5.79. The molecule has 0 spiro atoms. The minimum Gasteiger partial charge on any atom is -0.461 e. The predicted octanol–water partition coefficient (Wildman–Crippen LogP) is 2.55. The van der Waals surface area contributed by atoms with Crippen molar-refractivity contribution in [1.29, 1.82) is 0 Å². The van der Waals surface area contributed by atoms with Crippen molar-refractivity contribution in [2.45, 2.75) is 45.6 Å². The van der Waals surface area contributed by atoms with E-state index in [0.717, 1.165) is 19.3 Å². The van der Waals surface area contributed by atoms with Gasteiger partial charge >= 0.3 is 0 Å². The zero-order valence-electron chi connectivity index (χ0n) is 15.8. The lowest BCUT2D eigenvalue weighted by atomic mass is 9.61. The van der Waals surface area contributed by atoms with Gasteiger partial charge in [-0.1, -0.05) is 33.1 Å². The van der Waals surface area contributed by atoms with Crippen molar-refractivity contribution in [3.05, 3.63) is 36.1 Å². The molecule has 0 aromatic carbocycles. The molecule has 2 aliphatic heterocycles. The summed E-state index contributed by atoms with van der Waals surface area (Å²) in [6.07, 6.45) is 7.75. The molecule has 0 saturated heterocycles. The summed E-state index contributed by atoms with van der Waals surface area (Å²) in [7, 11) is 0. The highest BCUT2D eigenvalue weighted by atomic mass is 16.3. The van der Waals surface area contributed by atoms with Crippen LogP contribution in [-0.2, 0) is 0 Å². The van der Waals surface area contributed by atoms with E-state index < -0.39 is 5.60 Å². The number of nitrogens with zero attached hydrogens (tertiary/aromatic N) is 4. The summed E-state index contributed by atoms with van der Waals surface area (Å²) in [6, 6.07) is 3.54. The first-order valence-electron chi connectivity index (χ1n) is 9.17. The van der Waals surface area contributed by atoms with Crippen LogP contribution in [0, 0.1) is 23.2 Å². The molecule has 0 radical (unpaired) electrons. The molecule has 1 saturated carbocycles. The van der Waals surface area contributed by atoms with Crippen LogP contribution in [0.15, 0.2) is 49.8 Å². The molecule has 3 N–H and O–H groups in total. The summed E-state index contributed by atoms with van der Waals surface area (Å²) in [5.74, 6) is 14.0. The van der Waals surface area contributed by atoms with Crippen molar-refractivity contribution in [3.8, 4) is 11.8 Å². The predicted molar refractivity (Wildman–Crippen MR) is 103 cm³/mol. The molecule has 3 aliphatic rings. The fourth-order valence-corrected chi connectivity index (χ4v) is 3.93. The van der Waals surface area contributed by atoms with Crippen LogP contribution in [0.1, 0.15) is 45.8 Å². The Hall–Kier alpha value is -2.53. The topological polar surface area (TPSA) is 96.5 Å². The normalized spacial score (nSPS) is 34.1. The lowest BCUT2D eigenvalue weighted by molar-refractivity contribution is -0.803. The lowest BCUT2D eigenvalue weighted by Crippen LogP contribution is -2.51. The van der Waals surface area contributed by atoms with Gasteiger partial charge < -0.3 is 9.52 Å². The summed E-state index contributed by atoms with van der Waals surface area (Å²) in [6.45, 7) is 6.19. The summed E-state index contributed by atoms with van der Waals surface area (Å²) in [5, 5.41) is 15.7. The molecular formula is C20H24N5O2+. The van der Waals surface area contributed by atoms with E-state index in [0.29, 0.717) is 23.1 Å². The molecule has 1 aromatic rings. The minimum absolute atomic E-state index is 0.0930. The van der Waals surface area contributed by atoms with Crippen molar-refractivity contribution in [1.82, 2.24) is 0 Å². The maximum absolute atomic E-state index is 11.3. The number of hydrogen-bond donors (Lipinski definition) is 2. The fraction of sp³-hybridized carbons (Fsp3) is 0.450. The van der Waals surface area contributed by atoms with Crippen molar-refractivity contribution in [3.63, 3.8) is 0 Å². The Kier molecular flexibility index (Phi) is 3.96. The van der Waals surface area contributed by atoms with Crippen LogP contribution in [-0.4, -0.2) is 33.3 Å². The van der Waals surface area contributed by atoms with E-state index in [1.54, 1.807) is 30.8 Å². The number of hydrogen-bond acceptors (Lipinski definition) is 6. The summed E-state index contributed by atoms with van der Waals surface area (Å²) < 4.78 is 4.98. The van der Waals surface area contributed by atoms with E-state index in [-0.39, 0.29) is 16.0 Å². The second kappa shape index (κ2) is 5.99. The number of quaternary nitrogens is 1. The molecular weight excluding hydrogens is 342 g/mol. The lowest BCUT2D eigenvalue weighted by Gasteiger charge is -2.47. The average Bonchev–Trinajstić information content (AvgIpc) is 3.24. The number of rotatable bonds is 1. The first kappa shape index (κ1) is 17.9. The van der Waals surface area contributed by atoms with Gasteiger partial charge in [0.25, 0.3) is 11.7 Å². The molecule has 3 unspecified atom stereocenters. The average molecular weight is 366 g/mol. The summed E-state index contributed by atoms with van der Waals surface area (Å²) >= 11 is 0. The number of aliphatic imine (C=N–C) groups is 2. The number of furan rings is 1. The van der Waals surface area contributed by atoms with Gasteiger partial charge in [-0.15, -0.1) is 5.84 Å². The largest absolute Gasteiger partial charge is 0.461 e. The highest BCUT2D eigenvalue weighted by Crippen LogP contribution is 2.46. The molecule has 1 aliphatic carbocycles. The van der Waals surface area contributed by atoms with Crippen LogP contribution < -0.4 is 5.84 Å². The van der Waals surface area contributed by atoms with E-state index in [9.17, 15) is 5.11 Å². The van der Waals surface area contributed by atoms with E-state index in [2.05, 4.69) is 47.7 Å². The summed E-state index contributed by atoms with van der Waals surface area (Å²) in [5.41, 5.74) is -0.887. The molecule has 3 atom stereocenters. The fourth-order valence-electron chi connectivity index (χ4n) is 3.93.